The van der Waals surface area contributed by atoms with Crippen LogP contribution in [0.2, 0.25) is 0 Å². The molecule has 1 aliphatic carbocycles. The van der Waals surface area contributed by atoms with Crippen LogP contribution in [0.5, 0.6) is 5.75 Å². The molecule has 0 radical (unpaired) electrons. The van der Waals surface area contributed by atoms with Gasteiger partial charge in [0.25, 0.3) is 5.91 Å². The van der Waals surface area contributed by atoms with Gasteiger partial charge in [0.2, 0.25) is 0 Å². The number of carbonyl (C=O) groups is 1. The highest BCUT2D eigenvalue weighted by Crippen LogP contribution is 2.42. The maximum Gasteiger partial charge on any atom is 0.256 e. The Hall–Kier alpha value is -1.55. The molecule has 1 fully saturated rings. The van der Waals surface area contributed by atoms with Gasteiger partial charge in [-0.1, -0.05) is 6.92 Å². The quantitative estimate of drug-likeness (QED) is 0.776. The van der Waals surface area contributed by atoms with Crippen molar-refractivity contribution >= 4 is 11.6 Å². The van der Waals surface area contributed by atoms with Gasteiger partial charge < -0.3 is 14.8 Å². The minimum atomic E-state index is -0.728. The first-order valence-electron chi connectivity index (χ1n) is 8.63. The van der Waals surface area contributed by atoms with Crippen molar-refractivity contribution in [3.05, 3.63) is 23.8 Å². The maximum atomic E-state index is 12.7. The SMILES string of the molecule is CCO[C@](C)(C(=O)Nc1ccc(O[C@@H](C)CC)c(C)c1)C1CC1. The lowest BCUT2D eigenvalue weighted by Gasteiger charge is -2.28. The highest BCUT2D eigenvalue weighted by Gasteiger charge is 2.48. The summed E-state index contributed by atoms with van der Waals surface area (Å²) in [6.45, 7) is 10.5. The fourth-order valence-corrected chi connectivity index (χ4v) is 2.72. The first-order valence-corrected chi connectivity index (χ1v) is 8.63. The van der Waals surface area contributed by atoms with E-state index in [1.165, 1.54) is 0 Å². The molecule has 4 nitrogen and oxygen atoms in total. The number of aryl methyl sites for hydroxylation is 1. The fourth-order valence-electron chi connectivity index (χ4n) is 2.72. The van der Waals surface area contributed by atoms with Crippen molar-refractivity contribution in [3.8, 4) is 5.75 Å². The van der Waals surface area contributed by atoms with E-state index in [4.69, 9.17) is 9.47 Å². The molecule has 23 heavy (non-hydrogen) atoms. The Labute approximate surface area is 139 Å². The number of nitrogens with one attached hydrogen (secondary N) is 1. The third-order valence-corrected chi connectivity index (χ3v) is 4.59. The van der Waals surface area contributed by atoms with E-state index in [1.54, 1.807) is 0 Å². The second kappa shape index (κ2) is 7.35. The van der Waals surface area contributed by atoms with Gasteiger partial charge in [0.1, 0.15) is 11.4 Å². The van der Waals surface area contributed by atoms with Gasteiger partial charge in [0.15, 0.2) is 0 Å². The van der Waals surface area contributed by atoms with Crippen molar-refractivity contribution < 1.29 is 14.3 Å². The molecule has 2 rings (SSSR count). The molecule has 128 valence electrons. The van der Waals surface area contributed by atoms with Crippen molar-refractivity contribution in [2.24, 2.45) is 5.92 Å². The van der Waals surface area contributed by atoms with E-state index < -0.39 is 5.60 Å². The number of carbonyl (C=O) groups excluding carboxylic acids is 1. The van der Waals surface area contributed by atoms with E-state index in [9.17, 15) is 4.79 Å². The van der Waals surface area contributed by atoms with Crippen LogP contribution in [0.4, 0.5) is 5.69 Å². The molecule has 0 bridgehead atoms. The van der Waals surface area contributed by atoms with Crippen LogP contribution in [0.25, 0.3) is 0 Å². The lowest BCUT2D eigenvalue weighted by molar-refractivity contribution is -0.141. The number of ether oxygens (including phenoxy) is 2. The second-order valence-electron chi connectivity index (χ2n) is 6.59. The summed E-state index contributed by atoms with van der Waals surface area (Å²) in [6, 6.07) is 5.77. The van der Waals surface area contributed by atoms with E-state index in [0.717, 1.165) is 36.3 Å². The van der Waals surface area contributed by atoms with Gasteiger partial charge >= 0.3 is 0 Å². The zero-order valence-corrected chi connectivity index (χ0v) is 14.9. The normalized spacial score (nSPS) is 18.1. The minimum Gasteiger partial charge on any atom is -0.490 e. The van der Waals surface area contributed by atoms with Crippen LogP contribution in [0, 0.1) is 12.8 Å². The molecule has 0 aromatic heterocycles. The Kier molecular flexibility index (Phi) is 5.69. The number of hydrogen-bond donors (Lipinski definition) is 1. The minimum absolute atomic E-state index is 0.0585. The number of anilines is 1. The summed E-state index contributed by atoms with van der Waals surface area (Å²) >= 11 is 0. The average Bonchev–Trinajstić information content (AvgIpc) is 3.35. The predicted octanol–water partition coefficient (Wildman–Crippen LogP) is 4.32. The van der Waals surface area contributed by atoms with Crippen molar-refractivity contribution in [3.63, 3.8) is 0 Å². The van der Waals surface area contributed by atoms with E-state index in [0.29, 0.717) is 12.5 Å². The van der Waals surface area contributed by atoms with E-state index in [-0.39, 0.29) is 12.0 Å². The molecule has 0 saturated heterocycles. The summed E-state index contributed by atoms with van der Waals surface area (Å²) < 4.78 is 11.6. The zero-order valence-electron chi connectivity index (χ0n) is 14.9. The van der Waals surface area contributed by atoms with Crippen LogP contribution >= 0.6 is 0 Å². The third kappa shape index (κ3) is 4.25. The average molecular weight is 319 g/mol. The molecule has 0 unspecified atom stereocenters. The van der Waals surface area contributed by atoms with E-state index >= 15 is 0 Å². The summed E-state index contributed by atoms with van der Waals surface area (Å²) in [6.07, 6.45) is 3.27. The molecule has 4 heteroatoms. The molecule has 0 aliphatic heterocycles. The van der Waals surface area contributed by atoms with Crippen molar-refractivity contribution in [1.82, 2.24) is 0 Å². The smallest absolute Gasteiger partial charge is 0.256 e. The summed E-state index contributed by atoms with van der Waals surface area (Å²) in [4.78, 5) is 12.7. The van der Waals surface area contributed by atoms with Crippen molar-refractivity contribution in [2.75, 3.05) is 11.9 Å². The molecule has 0 spiro atoms. The number of rotatable bonds is 8. The standard InChI is InChI=1S/C19H29NO3/c1-6-14(4)23-17-11-10-16(12-13(17)3)20-18(21)19(5,22-7-2)15-8-9-15/h10-12,14-15H,6-9H2,1-5H3,(H,20,21)/t14-,19-/m0/s1. The van der Waals surface area contributed by atoms with E-state index in [2.05, 4.69) is 19.2 Å². The Bertz CT molecular complexity index is 554. The Morgan fingerprint density at radius 2 is 2.09 bits per heavy atom. The molecule has 1 amide bonds. The summed E-state index contributed by atoms with van der Waals surface area (Å²) in [5.41, 5.74) is 1.08. The van der Waals surface area contributed by atoms with Gasteiger partial charge in [0.05, 0.1) is 6.10 Å². The Morgan fingerprint density at radius 3 is 2.61 bits per heavy atom. The Balaban J connectivity index is 2.07. The Morgan fingerprint density at radius 1 is 1.39 bits per heavy atom. The van der Waals surface area contributed by atoms with Gasteiger partial charge in [-0.3, -0.25) is 4.79 Å². The van der Waals surface area contributed by atoms with Crippen LogP contribution in [0.3, 0.4) is 0 Å². The lowest BCUT2D eigenvalue weighted by atomic mass is 9.98. The largest absolute Gasteiger partial charge is 0.490 e. The molecular formula is C19H29NO3. The molecule has 0 heterocycles. The molecule has 1 N–H and O–H groups in total. The first-order chi connectivity index (χ1) is 10.9. The van der Waals surface area contributed by atoms with Crippen LogP contribution in [-0.4, -0.2) is 24.2 Å². The van der Waals surface area contributed by atoms with Gasteiger partial charge in [0, 0.05) is 12.3 Å². The van der Waals surface area contributed by atoms with Crippen LogP contribution < -0.4 is 10.1 Å². The number of hydrogen-bond acceptors (Lipinski definition) is 3. The van der Waals surface area contributed by atoms with Crippen molar-refractivity contribution in [2.45, 2.75) is 65.6 Å². The summed E-state index contributed by atoms with van der Waals surface area (Å²) in [7, 11) is 0. The topological polar surface area (TPSA) is 47.6 Å². The molecule has 1 saturated carbocycles. The lowest BCUT2D eigenvalue weighted by Crippen LogP contribution is -2.44. The second-order valence-corrected chi connectivity index (χ2v) is 6.59. The van der Waals surface area contributed by atoms with Gasteiger partial charge in [-0.25, -0.2) is 0 Å². The number of amides is 1. The van der Waals surface area contributed by atoms with Gasteiger partial charge in [-0.05, 0) is 76.6 Å². The first kappa shape index (κ1) is 17.8. The molecule has 1 aromatic carbocycles. The highest BCUT2D eigenvalue weighted by molar-refractivity contribution is 5.97. The molecule has 1 aromatic rings. The summed E-state index contributed by atoms with van der Waals surface area (Å²) in [5, 5.41) is 3.00. The summed E-state index contributed by atoms with van der Waals surface area (Å²) in [5.74, 6) is 1.14. The van der Waals surface area contributed by atoms with Gasteiger partial charge in [-0.15, -0.1) is 0 Å². The zero-order chi connectivity index (χ0) is 17.0. The third-order valence-electron chi connectivity index (χ3n) is 4.59. The molecule has 1 aliphatic rings. The number of benzene rings is 1. The van der Waals surface area contributed by atoms with Crippen LogP contribution in [0.15, 0.2) is 18.2 Å². The van der Waals surface area contributed by atoms with Crippen LogP contribution in [0.1, 0.15) is 52.5 Å². The predicted molar refractivity (Wildman–Crippen MR) is 92.9 cm³/mol. The molecule has 2 atom stereocenters. The van der Waals surface area contributed by atoms with Gasteiger partial charge in [-0.2, -0.15) is 0 Å². The van der Waals surface area contributed by atoms with E-state index in [1.807, 2.05) is 39.0 Å². The monoisotopic (exact) mass is 319 g/mol. The van der Waals surface area contributed by atoms with Crippen molar-refractivity contribution in [1.29, 1.82) is 0 Å². The fraction of sp³-hybridized carbons (Fsp3) is 0.632. The highest BCUT2D eigenvalue weighted by atomic mass is 16.5. The maximum absolute atomic E-state index is 12.7. The molecular weight excluding hydrogens is 290 g/mol. The van der Waals surface area contributed by atoms with Crippen LogP contribution in [-0.2, 0) is 9.53 Å².